The number of aromatic amines is 2. The van der Waals surface area contributed by atoms with E-state index in [2.05, 4.69) is 4.98 Å². The molecule has 0 amide bonds. The fourth-order valence-electron chi connectivity index (χ4n) is 0.561. The van der Waals surface area contributed by atoms with E-state index < -0.39 is 22.8 Å². The van der Waals surface area contributed by atoms with Gasteiger partial charge in [0.2, 0.25) is 5.39 Å². The topological polar surface area (TPSA) is 114 Å². The SMILES string of the molecule is N#[N+]c1c(O)[nH]c(=O)[nH]c1=O. The summed E-state index contributed by atoms with van der Waals surface area (Å²) in [5, 5.41) is 16.9. The largest absolute Gasteiger partial charge is 0.508 e. The van der Waals surface area contributed by atoms with Gasteiger partial charge in [-0.05, 0) is 0 Å². The Balaban J connectivity index is 3.66. The molecule has 0 saturated carbocycles. The van der Waals surface area contributed by atoms with Crippen LogP contribution in [-0.2, 0) is 0 Å². The van der Waals surface area contributed by atoms with Crippen LogP contribution in [0.2, 0.25) is 0 Å². The van der Waals surface area contributed by atoms with E-state index in [1.54, 1.807) is 4.98 Å². The molecule has 1 rings (SSSR count). The van der Waals surface area contributed by atoms with Crippen LogP contribution in [0, 0.1) is 5.39 Å². The molecule has 0 radical (unpaired) electrons. The number of diazo groups is 1. The first-order chi connectivity index (χ1) is 5.15. The van der Waals surface area contributed by atoms with Crippen LogP contribution < -0.4 is 11.2 Å². The molecule has 0 saturated heterocycles. The Morgan fingerprint density at radius 1 is 1.36 bits per heavy atom. The lowest BCUT2D eigenvalue weighted by atomic mass is 10.5. The average molecular weight is 155 g/mol. The van der Waals surface area contributed by atoms with Crippen molar-refractivity contribution in [1.82, 2.24) is 9.97 Å². The van der Waals surface area contributed by atoms with E-state index >= 15 is 0 Å². The number of H-pyrrole nitrogens is 2. The Bertz CT molecular complexity index is 422. The lowest BCUT2D eigenvalue weighted by Crippen LogP contribution is -2.20. The van der Waals surface area contributed by atoms with Crippen molar-refractivity contribution >= 4 is 5.69 Å². The Morgan fingerprint density at radius 3 is 2.45 bits per heavy atom. The predicted molar refractivity (Wildman–Crippen MR) is 34.1 cm³/mol. The van der Waals surface area contributed by atoms with E-state index in [-0.39, 0.29) is 0 Å². The zero-order valence-corrected chi connectivity index (χ0v) is 5.16. The van der Waals surface area contributed by atoms with E-state index in [4.69, 9.17) is 10.5 Å². The molecule has 0 aliphatic rings. The van der Waals surface area contributed by atoms with E-state index in [1.807, 2.05) is 4.98 Å². The maximum atomic E-state index is 10.6. The standard InChI is InChI=1S/C4H2N4O3/c5-8-1-2(9)6-4(11)7-3(1)10/h(H2-,6,7,9,10,11)/p+1. The van der Waals surface area contributed by atoms with Gasteiger partial charge >= 0.3 is 16.9 Å². The first kappa shape index (κ1) is 7.01. The molecule has 1 aromatic heterocycles. The van der Waals surface area contributed by atoms with Crippen molar-refractivity contribution in [2.45, 2.75) is 0 Å². The van der Waals surface area contributed by atoms with Crippen LogP contribution in [0.5, 0.6) is 5.88 Å². The summed E-state index contributed by atoms with van der Waals surface area (Å²) in [6.45, 7) is 0. The molecule has 0 unspecified atom stereocenters. The molecule has 0 aliphatic carbocycles. The molecule has 0 spiro atoms. The van der Waals surface area contributed by atoms with Gasteiger partial charge < -0.3 is 5.11 Å². The third kappa shape index (κ3) is 1.09. The molecule has 1 heterocycles. The summed E-state index contributed by atoms with van der Waals surface area (Å²) >= 11 is 0. The Labute approximate surface area is 58.9 Å². The van der Waals surface area contributed by atoms with Crippen molar-refractivity contribution in [3.05, 3.63) is 25.8 Å². The Hall–Kier alpha value is -2.10. The quantitative estimate of drug-likeness (QED) is 0.427. The predicted octanol–water partition coefficient (Wildman–Crippen LogP) is -0.747. The highest BCUT2D eigenvalue weighted by Crippen LogP contribution is 2.13. The number of hydrogen-bond donors (Lipinski definition) is 3. The first-order valence-corrected chi connectivity index (χ1v) is 2.56. The summed E-state index contributed by atoms with van der Waals surface area (Å²) in [5.41, 5.74) is -2.43. The van der Waals surface area contributed by atoms with Gasteiger partial charge in [-0.25, -0.2) is 4.79 Å². The number of aromatic nitrogens is 2. The fraction of sp³-hybridized carbons (Fsp3) is 0. The van der Waals surface area contributed by atoms with E-state index in [0.29, 0.717) is 0 Å². The molecule has 0 aliphatic heterocycles. The summed E-state index contributed by atoms with van der Waals surface area (Å²) in [5.74, 6) is -0.763. The van der Waals surface area contributed by atoms with Crippen molar-refractivity contribution in [1.29, 1.82) is 5.39 Å². The summed E-state index contributed by atoms with van der Waals surface area (Å²) in [4.78, 5) is 27.0. The Morgan fingerprint density at radius 2 is 2.00 bits per heavy atom. The molecule has 7 heteroatoms. The van der Waals surface area contributed by atoms with Crippen LogP contribution in [0.15, 0.2) is 9.59 Å². The number of hydrogen-bond acceptors (Lipinski definition) is 4. The molecule has 3 N–H and O–H groups in total. The second-order valence-electron chi connectivity index (χ2n) is 1.71. The number of nitrogens with one attached hydrogen (secondary N) is 2. The van der Waals surface area contributed by atoms with Crippen molar-refractivity contribution in [2.24, 2.45) is 0 Å². The number of rotatable bonds is 0. The van der Waals surface area contributed by atoms with Crippen LogP contribution in [0.25, 0.3) is 4.98 Å². The molecule has 11 heavy (non-hydrogen) atoms. The number of aromatic hydroxyl groups is 1. The molecule has 0 atom stereocenters. The lowest BCUT2D eigenvalue weighted by Gasteiger charge is -1.82. The summed E-state index contributed by atoms with van der Waals surface area (Å²) < 4.78 is 0. The van der Waals surface area contributed by atoms with Crippen LogP contribution in [0.1, 0.15) is 0 Å². The van der Waals surface area contributed by atoms with Crippen molar-refractivity contribution in [3.8, 4) is 5.88 Å². The maximum absolute atomic E-state index is 10.6. The van der Waals surface area contributed by atoms with Crippen molar-refractivity contribution in [3.63, 3.8) is 0 Å². The monoisotopic (exact) mass is 155 g/mol. The summed E-state index contributed by atoms with van der Waals surface area (Å²) in [6.07, 6.45) is 0. The molecule has 56 valence electrons. The molecule has 7 nitrogen and oxygen atoms in total. The molecular weight excluding hydrogens is 152 g/mol. The van der Waals surface area contributed by atoms with Gasteiger partial charge in [0.1, 0.15) is 0 Å². The van der Waals surface area contributed by atoms with Crippen molar-refractivity contribution < 1.29 is 5.11 Å². The average Bonchev–Trinajstić information content (AvgIpc) is 1.85. The van der Waals surface area contributed by atoms with Crippen LogP contribution >= 0.6 is 0 Å². The normalized spacial score (nSPS) is 9.00. The smallest absolute Gasteiger partial charge is 0.489 e. The second-order valence-corrected chi connectivity index (χ2v) is 1.71. The first-order valence-electron chi connectivity index (χ1n) is 2.56. The van der Waals surface area contributed by atoms with E-state index in [0.717, 1.165) is 0 Å². The van der Waals surface area contributed by atoms with E-state index in [1.165, 1.54) is 0 Å². The molecular formula is C4H3N4O3+. The Kier molecular flexibility index (Phi) is 1.44. The highest BCUT2D eigenvalue weighted by atomic mass is 16.3. The highest BCUT2D eigenvalue weighted by Gasteiger charge is 2.19. The van der Waals surface area contributed by atoms with Crippen LogP contribution in [-0.4, -0.2) is 15.1 Å². The molecule has 0 aromatic carbocycles. The maximum Gasteiger partial charge on any atom is 0.508 e. The third-order valence-corrected chi connectivity index (χ3v) is 0.998. The molecule has 0 fully saturated rings. The second kappa shape index (κ2) is 2.26. The minimum Gasteiger partial charge on any atom is -0.489 e. The van der Waals surface area contributed by atoms with Crippen molar-refractivity contribution in [2.75, 3.05) is 0 Å². The van der Waals surface area contributed by atoms with Gasteiger partial charge in [-0.3, -0.25) is 14.8 Å². The molecule has 1 aromatic rings. The van der Waals surface area contributed by atoms with Gasteiger partial charge in [-0.15, -0.1) is 0 Å². The molecule has 0 bridgehead atoms. The van der Waals surface area contributed by atoms with Gasteiger partial charge in [0.25, 0.3) is 5.88 Å². The van der Waals surface area contributed by atoms with Gasteiger partial charge in [0, 0.05) is 0 Å². The minimum absolute atomic E-state index is 0.621. The summed E-state index contributed by atoms with van der Waals surface area (Å²) in [6, 6.07) is 0. The zero-order chi connectivity index (χ0) is 8.43. The van der Waals surface area contributed by atoms with Gasteiger partial charge in [-0.2, -0.15) is 0 Å². The van der Waals surface area contributed by atoms with Gasteiger partial charge in [0.15, 0.2) is 4.98 Å². The van der Waals surface area contributed by atoms with Gasteiger partial charge in [0.05, 0.1) is 0 Å². The van der Waals surface area contributed by atoms with Crippen LogP contribution in [0.4, 0.5) is 5.69 Å². The highest BCUT2D eigenvalue weighted by molar-refractivity contribution is 5.49. The zero-order valence-electron chi connectivity index (χ0n) is 5.16. The van der Waals surface area contributed by atoms with Crippen LogP contribution in [0.3, 0.4) is 0 Å². The fourth-order valence-corrected chi connectivity index (χ4v) is 0.561. The summed E-state index contributed by atoms with van der Waals surface area (Å²) in [7, 11) is 0. The van der Waals surface area contributed by atoms with E-state index in [9.17, 15) is 9.59 Å². The lowest BCUT2D eigenvalue weighted by molar-refractivity contribution is 0.452. The minimum atomic E-state index is -0.950. The third-order valence-electron chi connectivity index (χ3n) is 0.998. The van der Waals surface area contributed by atoms with Gasteiger partial charge in [-0.1, -0.05) is 0 Å². The number of nitrogens with zero attached hydrogens (tertiary/aromatic N) is 2.